The van der Waals surface area contributed by atoms with E-state index in [0.29, 0.717) is 6.04 Å². The van der Waals surface area contributed by atoms with E-state index in [1.807, 2.05) is 7.11 Å². The van der Waals surface area contributed by atoms with Crippen LogP contribution in [0, 0.1) is 0 Å². The Morgan fingerprint density at radius 3 is 2.28 bits per heavy atom. The third-order valence-corrected chi connectivity index (χ3v) is 4.59. The summed E-state index contributed by atoms with van der Waals surface area (Å²) in [5.74, 6) is 0. The molecule has 0 spiro atoms. The highest BCUT2D eigenvalue weighted by Crippen LogP contribution is 2.20. The van der Waals surface area contributed by atoms with Gasteiger partial charge in [-0.05, 0) is 27.2 Å². The average molecular weight is 255 g/mol. The minimum atomic E-state index is -0.00551. The predicted octanol–water partition coefficient (Wildman–Crippen LogP) is 0.779. The molecule has 2 aliphatic rings. The molecule has 2 saturated heterocycles. The lowest BCUT2D eigenvalue weighted by Gasteiger charge is -2.45. The highest BCUT2D eigenvalue weighted by atomic mass is 16.5. The zero-order valence-electron chi connectivity index (χ0n) is 12.4. The highest BCUT2D eigenvalue weighted by molar-refractivity contribution is 4.89. The first-order valence-corrected chi connectivity index (χ1v) is 7.26. The van der Waals surface area contributed by atoms with Gasteiger partial charge in [-0.3, -0.25) is 9.80 Å². The summed E-state index contributed by atoms with van der Waals surface area (Å²) in [6.07, 6.45) is 1.11. The number of methoxy groups -OCH3 is 1. The largest absolute Gasteiger partial charge is 0.379 e. The first kappa shape index (κ1) is 14.3. The van der Waals surface area contributed by atoms with E-state index in [1.165, 1.54) is 39.3 Å². The second kappa shape index (κ2) is 5.87. The number of rotatable bonds is 5. The fourth-order valence-corrected chi connectivity index (χ4v) is 3.00. The summed E-state index contributed by atoms with van der Waals surface area (Å²) >= 11 is 0. The fraction of sp³-hybridized carbons (Fsp3) is 1.00. The van der Waals surface area contributed by atoms with Crippen LogP contribution in [0.4, 0.5) is 0 Å². The van der Waals surface area contributed by atoms with Crippen LogP contribution in [-0.4, -0.2) is 73.9 Å². The second-order valence-electron chi connectivity index (χ2n) is 6.40. The van der Waals surface area contributed by atoms with E-state index in [4.69, 9.17) is 4.74 Å². The summed E-state index contributed by atoms with van der Waals surface area (Å²) in [6.45, 7) is 13.9. The summed E-state index contributed by atoms with van der Waals surface area (Å²) in [6, 6.07) is 1.42. The minimum absolute atomic E-state index is 0.00551. The van der Waals surface area contributed by atoms with Gasteiger partial charge in [-0.2, -0.15) is 0 Å². The van der Waals surface area contributed by atoms with Gasteiger partial charge in [0.2, 0.25) is 0 Å². The van der Waals surface area contributed by atoms with E-state index in [-0.39, 0.29) is 5.60 Å². The second-order valence-corrected chi connectivity index (χ2v) is 6.40. The number of nitrogens with zero attached hydrogens (tertiary/aromatic N) is 2. The van der Waals surface area contributed by atoms with Gasteiger partial charge < -0.3 is 10.1 Å². The first-order chi connectivity index (χ1) is 8.52. The van der Waals surface area contributed by atoms with E-state index < -0.39 is 0 Å². The molecule has 0 bridgehead atoms. The average Bonchev–Trinajstić information content (AvgIpc) is 2.27. The van der Waals surface area contributed by atoms with Gasteiger partial charge in [0.1, 0.15) is 0 Å². The van der Waals surface area contributed by atoms with Gasteiger partial charge >= 0.3 is 0 Å². The molecular formula is C14H29N3O. The lowest BCUT2D eigenvalue weighted by atomic mass is 9.98. The van der Waals surface area contributed by atoms with Crippen LogP contribution in [0.3, 0.4) is 0 Å². The Bertz CT molecular complexity index is 258. The highest BCUT2D eigenvalue weighted by Gasteiger charge is 2.30. The Balaban J connectivity index is 1.74. The maximum Gasteiger partial charge on any atom is 0.0637 e. The van der Waals surface area contributed by atoms with Crippen LogP contribution in [0.5, 0.6) is 0 Å². The van der Waals surface area contributed by atoms with E-state index in [2.05, 4.69) is 35.9 Å². The summed E-state index contributed by atoms with van der Waals surface area (Å²) in [5.41, 5.74) is -0.00551. The molecule has 0 aromatic rings. The van der Waals surface area contributed by atoms with Crippen LogP contribution >= 0.6 is 0 Å². The molecule has 0 aromatic heterocycles. The topological polar surface area (TPSA) is 27.7 Å². The molecule has 2 aliphatic heterocycles. The molecule has 0 radical (unpaired) electrons. The van der Waals surface area contributed by atoms with Gasteiger partial charge in [-0.15, -0.1) is 0 Å². The normalized spacial score (nSPS) is 26.0. The van der Waals surface area contributed by atoms with Crippen molar-refractivity contribution in [2.45, 2.75) is 44.9 Å². The number of piperazine rings is 1. The lowest BCUT2D eigenvalue weighted by molar-refractivity contribution is -0.0173. The zero-order valence-corrected chi connectivity index (χ0v) is 12.4. The van der Waals surface area contributed by atoms with Crippen molar-refractivity contribution in [2.75, 3.05) is 46.4 Å². The van der Waals surface area contributed by atoms with Gasteiger partial charge in [-0.1, -0.05) is 0 Å². The Kier molecular flexibility index (Phi) is 4.64. The summed E-state index contributed by atoms with van der Waals surface area (Å²) in [5, 5.41) is 3.36. The molecule has 1 unspecified atom stereocenters. The predicted molar refractivity (Wildman–Crippen MR) is 75.0 cm³/mol. The van der Waals surface area contributed by atoms with E-state index in [0.717, 1.165) is 12.5 Å². The Labute approximate surface area is 112 Å². The van der Waals surface area contributed by atoms with Gasteiger partial charge in [0, 0.05) is 58.5 Å². The van der Waals surface area contributed by atoms with Gasteiger partial charge in [0.15, 0.2) is 0 Å². The van der Waals surface area contributed by atoms with Crippen molar-refractivity contribution in [1.29, 1.82) is 0 Å². The van der Waals surface area contributed by atoms with Crippen molar-refractivity contribution in [3.05, 3.63) is 0 Å². The van der Waals surface area contributed by atoms with Gasteiger partial charge in [-0.25, -0.2) is 0 Å². The van der Waals surface area contributed by atoms with E-state index in [1.54, 1.807) is 0 Å². The molecule has 1 atom stereocenters. The fourth-order valence-electron chi connectivity index (χ4n) is 3.00. The number of hydrogen-bond acceptors (Lipinski definition) is 4. The lowest BCUT2D eigenvalue weighted by Crippen LogP contribution is -2.62. The minimum Gasteiger partial charge on any atom is -0.379 e. The zero-order chi connectivity index (χ0) is 13.2. The number of nitrogens with one attached hydrogen (secondary N) is 1. The summed E-state index contributed by atoms with van der Waals surface area (Å²) in [4.78, 5) is 5.25. The monoisotopic (exact) mass is 255 g/mol. The molecule has 1 N–H and O–H groups in total. The van der Waals surface area contributed by atoms with Crippen molar-refractivity contribution >= 4 is 0 Å². The van der Waals surface area contributed by atoms with Crippen LogP contribution < -0.4 is 5.32 Å². The Morgan fingerprint density at radius 1 is 1.22 bits per heavy atom. The summed E-state index contributed by atoms with van der Waals surface area (Å²) < 4.78 is 5.54. The molecule has 0 aromatic carbocycles. The van der Waals surface area contributed by atoms with Crippen molar-refractivity contribution < 1.29 is 4.74 Å². The molecule has 4 nitrogen and oxygen atoms in total. The quantitative estimate of drug-likeness (QED) is 0.786. The molecule has 4 heteroatoms. The van der Waals surface area contributed by atoms with Crippen LogP contribution in [0.15, 0.2) is 0 Å². The summed E-state index contributed by atoms with van der Waals surface area (Å²) in [7, 11) is 1.81. The van der Waals surface area contributed by atoms with Crippen molar-refractivity contribution in [3.63, 3.8) is 0 Å². The molecular weight excluding hydrogens is 226 g/mol. The Morgan fingerprint density at radius 2 is 1.83 bits per heavy atom. The standard InChI is InChI=1S/C14H29N3O/c1-12(9-14(2,3)18-4)16-5-7-17(8-6-16)13-10-15-11-13/h12-13,15H,5-11H2,1-4H3. The molecule has 0 amide bonds. The molecule has 2 fully saturated rings. The van der Waals surface area contributed by atoms with Gasteiger partial charge in [0.25, 0.3) is 0 Å². The molecule has 2 rings (SSSR count). The van der Waals surface area contributed by atoms with Crippen LogP contribution in [0.1, 0.15) is 27.2 Å². The molecule has 0 aliphatic carbocycles. The molecule has 2 heterocycles. The molecule has 18 heavy (non-hydrogen) atoms. The smallest absolute Gasteiger partial charge is 0.0637 e. The van der Waals surface area contributed by atoms with Crippen molar-refractivity contribution in [1.82, 2.24) is 15.1 Å². The first-order valence-electron chi connectivity index (χ1n) is 7.26. The SMILES string of the molecule is COC(C)(C)CC(C)N1CCN(C2CNC2)CC1. The van der Waals surface area contributed by atoms with Crippen LogP contribution in [0.2, 0.25) is 0 Å². The number of hydrogen-bond donors (Lipinski definition) is 1. The number of ether oxygens (including phenoxy) is 1. The third-order valence-electron chi connectivity index (χ3n) is 4.59. The van der Waals surface area contributed by atoms with Crippen LogP contribution in [-0.2, 0) is 4.74 Å². The van der Waals surface area contributed by atoms with E-state index in [9.17, 15) is 0 Å². The maximum atomic E-state index is 5.54. The molecule has 0 saturated carbocycles. The maximum absolute atomic E-state index is 5.54. The van der Waals surface area contributed by atoms with Gasteiger partial charge in [0.05, 0.1) is 5.60 Å². The van der Waals surface area contributed by atoms with Crippen LogP contribution in [0.25, 0.3) is 0 Å². The Hall–Kier alpha value is -0.160. The van der Waals surface area contributed by atoms with Crippen molar-refractivity contribution in [2.24, 2.45) is 0 Å². The van der Waals surface area contributed by atoms with Crippen molar-refractivity contribution in [3.8, 4) is 0 Å². The third kappa shape index (κ3) is 3.44. The molecule has 106 valence electrons. The van der Waals surface area contributed by atoms with E-state index >= 15 is 0 Å².